The molecule has 3 aliphatic heterocycles. The molecule has 0 radical (unpaired) electrons. The molecule has 1 atom stereocenters. The molecule has 0 spiro atoms. The van der Waals surface area contributed by atoms with Gasteiger partial charge in [-0.3, -0.25) is 19.7 Å². The van der Waals surface area contributed by atoms with Gasteiger partial charge in [-0.15, -0.1) is 0 Å². The third kappa shape index (κ3) is 9.73. The maximum absolute atomic E-state index is 13.1. The van der Waals surface area contributed by atoms with Crippen molar-refractivity contribution in [2.75, 3.05) is 56.8 Å². The number of methoxy groups -OCH3 is 1. The predicted octanol–water partition coefficient (Wildman–Crippen LogP) is 6.17. The van der Waals surface area contributed by atoms with Gasteiger partial charge in [0.15, 0.2) is 0 Å². The molecule has 1 aromatic heterocycles. The van der Waals surface area contributed by atoms with Crippen molar-refractivity contribution in [2.24, 2.45) is 0 Å². The van der Waals surface area contributed by atoms with Crippen LogP contribution in [0.4, 0.5) is 11.4 Å². The van der Waals surface area contributed by atoms with Gasteiger partial charge in [-0.1, -0.05) is 54.4 Å². The molecule has 3 aliphatic rings. The number of rotatable bonds is 16. The zero-order chi connectivity index (χ0) is 40.8. The van der Waals surface area contributed by atoms with Crippen molar-refractivity contribution in [1.82, 2.24) is 25.5 Å². The van der Waals surface area contributed by atoms with Crippen molar-refractivity contribution in [2.45, 2.75) is 76.4 Å². The first-order chi connectivity index (χ1) is 28.0. The second kappa shape index (κ2) is 18.4. The lowest BCUT2D eigenvalue weighted by atomic mass is 10.0. The van der Waals surface area contributed by atoms with E-state index in [1.807, 2.05) is 42.5 Å². The third-order valence-electron chi connectivity index (χ3n) is 11.5. The number of carbonyl (C=O) groups excluding carboxylic acids is 3. The molecule has 306 valence electrons. The number of benzene rings is 3. The molecular weight excluding hydrogens is 773 g/mol. The Bertz CT molecular complexity index is 2200. The predicted molar refractivity (Wildman–Crippen MR) is 229 cm³/mol. The zero-order valence-electron chi connectivity index (χ0n) is 33.6. The van der Waals surface area contributed by atoms with E-state index in [1.165, 1.54) is 0 Å². The van der Waals surface area contributed by atoms with Gasteiger partial charge in [-0.25, -0.2) is 9.97 Å². The molecule has 12 nitrogen and oxygen atoms in total. The Labute approximate surface area is 345 Å². The monoisotopic (exact) mass is 825 g/mol. The number of piperidine rings is 2. The summed E-state index contributed by atoms with van der Waals surface area (Å²) in [5.74, 6) is 0.626. The summed E-state index contributed by atoms with van der Waals surface area (Å²) in [5, 5.41) is 11.0. The van der Waals surface area contributed by atoms with Crippen LogP contribution in [-0.2, 0) is 33.5 Å². The van der Waals surface area contributed by atoms with Crippen LogP contribution in [0.15, 0.2) is 66.9 Å². The van der Waals surface area contributed by atoms with E-state index in [-0.39, 0.29) is 18.2 Å². The molecule has 0 aliphatic carbocycles. The minimum atomic E-state index is -2.47. The highest BCUT2D eigenvalue weighted by atomic mass is 35.5. The van der Waals surface area contributed by atoms with Crippen LogP contribution in [0.1, 0.15) is 83.5 Å². The number of imide groups is 1. The highest BCUT2D eigenvalue weighted by Gasteiger charge is 2.39. The van der Waals surface area contributed by atoms with E-state index in [4.69, 9.17) is 21.3 Å². The van der Waals surface area contributed by atoms with Gasteiger partial charge in [0.2, 0.25) is 11.8 Å². The Balaban J connectivity index is 0.835. The van der Waals surface area contributed by atoms with Crippen molar-refractivity contribution in [3.63, 3.8) is 0 Å². The zero-order valence-corrected chi connectivity index (χ0v) is 35.2. The molecule has 7 rings (SSSR count). The standard InChI is InChI=1S/C44H53ClN7O5P/c1-57-39-26-32(15-14-29(39)25-41-48-27-35(45)37(49-41)24-30-10-5-6-13-40(30)58(2,3)56)51-22-18-31(19-23-51)46-20-7-4-8-21-47-36-12-9-11-33-34(36)28-52(44(33)55)38-16-17-42(53)50-43(38)54/h5-6,9-15,26-27,31,38,46-47H,4,7-8,16-25,28H2,1-3H3,(H,50,53,54). The molecule has 58 heavy (non-hydrogen) atoms. The van der Waals surface area contributed by atoms with Crippen molar-refractivity contribution >= 4 is 53.1 Å². The van der Waals surface area contributed by atoms with E-state index >= 15 is 0 Å². The Morgan fingerprint density at radius 3 is 2.50 bits per heavy atom. The molecule has 3 aromatic carbocycles. The van der Waals surface area contributed by atoms with Crippen LogP contribution in [0.3, 0.4) is 0 Å². The summed E-state index contributed by atoms with van der Waals surface area (Å²) in [6, 6.07) is 19.7. The molecule has 0 saturated carbocycles. The highest BCUT2D eigenvalue weighted by molar-refractivity contribution is 7.70. The topological polar surface area (TPSA) is 146 Å². The second-order valence-electron chi connectivity index (χ2n) is 15.8. The summed E-state index contributed by atoms with van der Waals surface area (Å²) in [6.07, 6.45) is 8.54. The number of unbranched alkanes of at least 4 members (excludes halogenated alkanes) is 2. The molecule has 14 heteroatoms. The fraction of sp³-hybridized carbons (Fsp3) is 0.432. The van der Waals surface area contributed by atoms with Gasteiger partial charge in [0.05, 0.1) is 17.8 Å². The van der Waals surface area contributed by atoms with Gasteiger partial charge in [-0.2, -0.15) is 0 Å². The number of halogens is 1. The summed E-state index contributed by atoms with van der Waals surface area (Å²) in [4.78, 5) is 50.6. The lowest BCUT2D eigenvalue weighted by Crippen LogP contribution is -2.52. The van der Waals surface area contributed by atoms with E-state index in [2.05, 4.69) is 44.0 Å². The number of nitrogens with one attached hydrogen (secondary N) is 3. The Morgan fingerprint density at radius 1 is 0.931 bits per heavy atom. The van der Waals surface area contributed by atoms with Gasteiger partial charge < -0.3 is 29.7 Å². The summed E-state index contributed by atoms with van der Waals surface area (Å²) in [5.41, 5.74) is 6.29. The summed E-state index contributed by atoms with van der Waals surface area (Å²) < 4.78 is 18.8. The quantitative estimate of drug-likeness (QED) is 0.0682. The van der Waals surface area contributed by atoms with Crippen molar-refractivity contribution < 1.29 is 23.7 Å². The number of aromatic nitrogens is 2. The number of amides is 3. The summed E-state index contributed by atoms with van der Waals surface area (Å²) >= 11 is 6.55. The van der Waals surface area contributed by atoms with Gasteiger partial charge in [0.25, 0.3) is 5.91 Å². The fourth-order valence-corrected chi connectivity index (χ4v) is 9.76. The largest absolute Gasteiger partial charge is 0.496 e. The number of fused-ring (bicyclic) bond motifs is 1. The van der Waals surface area contributed by atoms with Crippen LogP contribution < -0.4 is 30.9 Å². The van der Waals surface area contributed by atoms with Crippen molar-refractivity contribution in [3.8, 4) is 5.75 Å². The Morgan fingerprint density at radius 2 is 1.72 bits per heavy atom. The molecule has 0 bridgehead atoms. The summed E-state index contributed by atoms with van der Waals surface area (Å²) in [7, 11) is -0.769. The van der Waals surface area contributed by atoms with E-state index in [9.17, 15) is 18.9 Å². The SMILES string of the molecule is COc1cc(N2CCC(NCCCCCNc3cccc4c3CN(C3CCC(=O)NC3=O)C4=O)CC2)ccc1Cc1ncc(Cl)c(Cc2ccccc2P(C)(C)=O)n1. The molecule has 4 aromatic rings. The first-order valence-corrected chi connectivity index (χ1v) is 23.3. The number of nitrogens with zero attached hydrogens (tertiary/aromatic N) is 4. The smallest absolute Gasteiger partial charge is 0.255 e. The number of hydrogen-bond donors (Lipinski definition) is 3. The van der Waals surface area contributed by atoms with E-state index < -0.39 is 19.1 Å². The molecule has 3 amide bonds. The van der Waals surface area contributed by atoms with Crippen LogP contribution in [0, 0.1) is 0 Å². The van der Waals surface area contributed by atoms with E-state index in [0.29, 0.717) is 54.0 Å². The average Bonchev–Trinajstić information content (AvgIpc) is 3.55. The lowest BCUT2D eigenvalue weighted by molar-refractivity contribution is -0.136. The average molecular weight is 826 g/mol. The molecule has 2 fully saturated rings. The van der Waals surface area contributed by atoms with Crippen molar-refractivity contribution in [3.05, 3.63) is 106 Å². The molecule has 2 saturated heterocycles. The van der Waals surface area contributed by atoms with Gasteiger partial charge in [0, 0.05) is 97.1 Å². The molecule has 1 unspecified atom stereocenters. The number of ether oxygens (including phenoxy) is 1. The number of hydrogen-bond acceptors (Lipinski definition) is 10. The van der Waals surface area contributed by atoms with Gasteiger partial charge >= 0.3 is 0 Å². The number of carbonyl (C=O) groups is 3. The first kappa shape index (κ1) is 41.4. The highest BCUT2D eigenvalue weighted by Crippen LogP contribution is 2.37. The van der Waals surface area contributed by atoms with Gasteiger partial charge in [-0.05, 0) is 75.7 Å². The van der Waals surface area contributed by atoms with E-state index in [0.717, 1.165) is 97.4 Å². The summed E-state index contributed by atoms with van der Waals surface area (Å²) in [6.45, 7) is 7.63. The minimum absolute atomic E-state index is 0.152. The molecular formula is C44H53ClN7O5P. The fourth-order valence-electron chi connectivity index (χ4n) is 8.31. The maximum atomic E-state index is 13.1. The lowest BCUT2D eigenvalue weighted by Gasteiger charge is -2.34. The van der Waals surface area contributed by atoms with E-state index in [1.54, 1.807) is 31.5 Å². The maximum Gasteiger partial charge on any atom is 0.255 e. The molecule has 4 heterocycles. The first-order valence-electron chi connectivity index (χ1n) is 20.3. The molecule has 3 N–H and O–H groups in total. The third-order valence-corrected chi connectivity index (χ3v) is 13.4. The van der Waals surface area contributed by atoms with Gasteiger partial charge in [0.1, 0.15) is 24.8 Å². The van der Waals surface area contributed by atoms with Crippen LogP contribution in [-0.4, -0.2) is 91.3 Å². The Hall–Kier alpha value is -4.77. The minimum Gasteiger partial charge on any atom is -0.496 e. The number of anilines is 2. The van der Waals surface area contributed by atoms with Crippen LogP contribution in [0.25, 0.3) is 0 Å². The Kier molecular flexibility index (Phi) is 13.2. The normalized spacial score (nSPS) is 17.4. The van der Waals surface area contributed by atoms with Crippen LogP contribution in [0.5, 0.6) is 5.75 Å². The second-order valence-corrected chi connectivity index (χ2v) is 19.4. The van der Waals surface area contributed by atoms with Crippen LogP contribution in [0.2, 0.25) is 5.02 Å². The van der Waals surface area contributed by atoms with Crippen LogP contribution >= 0.6 is 18.7 Å². The van der Waals surface area contributed by atoms with Crippen molar-refractivity contribution in [1.29, 1.82) is 0 Å².